The lowest BCUT2D eigenvalue weighted by molar-refractivity contribution is 0.555. The fraction of sp³-hybridized carbons (Fsp3) is 0.381. The summed E-state index contributed by atoms with van der Waals surface area (Å²) in [6, 6.07) is 11.0. The number of hydrogen-bond acceptors (Lipinski definition) is 2. The van der Waals surface area contributed by atoms with Crippen molar-refractivity contribution in [1.82, 2.24) is 9.97 Å². The van der Waals surface area contributed by atoms with Gasteiger partial charge in [0.25, 0.3) is 0 Å². The molecule has 2 aromatic heterocycles. The van der Waals surface area contributed by atoms with Gasteiger partial charge in [-0.05, 0) is 36.0 Å². The van der Waals surface area contributed by atoms with Crippen molar-refractivity contribution < 1.29 is 0 Å². The van der Waals surface area contributed by atoms with Crippen LogP contribution < -0.4 is 4.90 Å². The van der Waals surface area contributed by atoms with Crippen LogP contribution in [0.25, 0.3) is 10.9 Å². The number of benzene rings is 1. The van der Waals surface area contributed by atoms with Crippen LogP contribution in [0.4, 0.5) is 5.69 Å². The Labute approximate surface area is 155 Å². The van der Waals surface area contributed by atoms with Crippen LogP contribution in [0.15, 0.2) is 42.7 Å². The molecule has 4 rings (SSSR count). The van der Waals surface area contributed by atoms with Gasteiger partial charge < -0.3 is 9.88 Å². The van der Waals surface area contributed by atoms with E-state index >= 15 is 0 Å². The number of aromatic nitrogens is 2. The summed E-state index contributed by atoms with van der Waals surface area (Å²) in [4.78, 5) is 10.8. The molecule has 25 heavy (non-hydrogen) atoms. The van der Waals surface area contributed by atoms with Crippen molar-refractivity contribution in [1.29, 1.82) is 0 Å². The smallest absolute Gasteiger partial charge is 0.0801 e. The number of nitrogens with zero attached hydrogens (tertiary/aromatic N) is 2. The number of pyridine rings is 1. The highest BCUT2D eigenvalue weighted by Crippen LogP contribution is 2.31. The minimum absolute atomic E-state index is 0. The molecule has 4 heteroatoms. The van der Waals surface area contributed by atoms with E-state index in [4.69, 9.17) is 4.98 Å². The maximum absolute atomic E-state index is 4.84. The van der Waals surface area contributed by atoms with Crippen LogP contribution in [0.3, 0.4) is 0 Å². The minimum atomic E-state index is 0. The molecule has 3 aromatic rings. The number of H-pyrrole nitrogens is 1. The molecule has 0 saturated heterocycles. The van der Waals surface area contributed by atoms with Crippen molar-refractivity contribution in [2.45, 2.75) is 39.7 Å². The van der Waals surface area contributed by atoms with Crippen molar-refractivity contribution in [2.75, 3.05) is 11.4 Å². The first-order valence-corrected chi connectivity index (χ1v) is 9.03. The lowest BCUT2D eigenvalue weighted by atomic mass is 9.98. The topological polar surface area (TPSA) is 31.9 Å². The molecule has 0 spiro atoms. The first kappa shape index (κ1) is 17.8. The van der Waals surface area contributed by atoms with Crippen molar-refractivity contribution in [3.8, 4) is 0 Å². The molecule has 0 aliphatic carbocycles. The van der Waals surface area contributed by atoms with E-state index in [9.17, 15) is 0 Å². The number of halogens is 1. The Morgan fingerprint density at radius 2 is 2.00 bits per heavy atom. The van der Waals surface area contributed by atoms with E-state index in [0.717, 1.165) is 25.9 Å². The van der Waals surface area contributed by atoms with Gasteiger partial charge in [-0.15, -0.1) is 12.4 Å². The van der Waals surface area contributed by atoms with Gasteiger partial charge in [0, 0.05) is 24.7 Å². The van der Waals surface area contributed by atoms with Gasteiger partial charge in [0.05, 0.1) is 23.1 Å². The number of aromatic amines is 1. The summed E-state index contributed by atoms with van der Waals surface area (Å²) < 4.78 is 0. The van der Waals surface area contributed by atoms with E-state index in [-0.39, 0.29) is 12.4 Å². The predicted molar refractivity (Wildman–Crippen MR) is 108 cm³/mol. The molecular weight excluding hydrogens is 330 g/mol. The maximum Gasteiger partial charge on any atom is 0.0801 e. The van der Waals surface area contributed by atoms with E-state index < -0.39 is 0 Å². The third-order valence-electron chi connectivity index (χ3n) is 5.37. The number of nitrogens with one attached hydrogen (secondary N) is 1. The van der Waals surface area contributed by atoms with E-state index in [1.54, 1.807) is 0 Å². The van der Waals surface area contributed by atoms with Crippen molar-refractivity contribution in [2.24, 2.45) is 5.92 Å². The summed E-state index contributed by atoms with van der Waals surface area (Å²) in [5.74, 6) is 0.670. The average molecular weight is 356 g/mol. The third-order valence-corrected chi connectivity index (χ3v) is 5.37. The molecule has 1 N–H and O–H groups in total. The molecule has 1 aromatic carbocycles. The molecule has 0 amide bonds. The number of hydrogen-bond donors (Lipinski definition) is 1. The second kappa shape index (κ2) is 7.49. The zero-order chi connectivity index (χ0) is 16.5. The Morgan fingerprint density at radius 3 is 2.80 bits per heavy atom. The standard InChI is InChI=1S/C21H25N3.ClH/c1-3-15(2)12-19-18-8-10-22-21(18)20(13-23-19)24-11-9-16-6-4-5-7-17(16)14-24;/h4-8,10,13,15,22H,3,9,11-12,14H2,1-2H3;1H. The largest absolute Gasteiger partial charge is 0.364 e. The zero-order valence-corrected chi connectivity index (χ0v) is 15.8. The number of fused-ring (bicyclic) bond motifs is 2. The summed E-state index contributed by atoms with van der Waals surface area (Å²) in [6.45, 7) is 6.57. The molecule has 0 saturated carbocycles. The highest BCUT2D eigenvalue weighted by molar-refractivity contribution is 5.92. The van der Waals surface area contributed by atoms with Gasteiger partial charge in [0.15, 0.2) is 0 Å². The zero-order valence-electron chi connectivity index (χ0n) is 15.0. The van der Waals surface area contributed by atoms with Gasteiger partial charge in [0.2, 0.25) is 0 Å². The van der Waals surface area contributed by atoms with Gasteiger partial charge in [-0.3, -0.25) is 4.98 Å². The predicted octanol–water partition coefficient (Wildman–Crippen LogP) is 5.14. The Bertz CT molecular complexity index is 855. The Kier molecular flexibility index (Phi) is 5.33. The van der Waals surface area contributed by atoms with Gasteiger partial charge in [0.1, 0.15) is 0 Å². The van der Waals surface area contributed by atoms with Gasteiger partial charge >= 0.3 is 0 Å². The summed E-state index contributed by atoms with van der Waals surface area (Å²) in [7, 11) is 0. The fourth-order valence-corrected chi connectivity index (χ4v) is 3.67. The summed E-state index contributed by atoms with van der Waals surface area (Å²) in [5.41, 5.74) is 6.62. The molecule has 1 aliphatic rings. The number of rotatable bonds is 4. The van der Waals surface area contributed by atoms with Crippen LogP contribution in [-0.4, -0.2) is 16.5 Å². The SMILES string of the molecule is CCC(C)Cc1ncc(N2CCc3ccccc3C2)c2[nH]ccc12.Cl. The first-order chi connectivity index (χ1) is 11.8. The number of anilines is 1. The monoisotopic (exact) mass is 355 g/mol. The molecule has 3 heterocycles. The normalized spacial score (nSPS) is 14.9. The molecule has 1 unspecified atom stereocenters. The van der Waals surface area contributed by atoms with Crippen LogP contribution in [0.5, 0.6) is 0 Å². The van der Waals surface area contributed by atoms with Crippen LogP contribution >= 0.6 is 12.4 Å². The Balaban J connectivity index is 0.00000182. The highest BCUT2D eigenvalue weighted by atomic mass is 35.5. The lowest BCUT2D eigenvalue weighted by Crippen LogP contribution is -2.30. The second-order valence-corrected chi connectivity index (χ2v) is 7.01. The Hall–Kier alpha value is -2.00. The second-order valence-electron chi connectivity index (χ2n) is 7.01. The minimum Gasteiger partial charge on any atom is -0.364 e. The quantitative estimate of drug-likeness (QED) is 0.703. The Morgan fingerprint density at radius 1 is 1.20 bits per heavy atom. The summed E-state index contributed by atoms with van der Waals surface area (Å²) in [5, 5.41) is 1.28. The van der Waals surface area contributed by atoms with Crippen LogP contribution in [0.2, 0.25) is 0 Å². The average Bonchev–Trinajstić information content (AvgIpc) is 3.11. The summed E-state index contributed by atoms with van der Waals surface area (Å²) >= 11 is 0. The molecule has 1 atom stereocenters. The van der Waals surface area contributed by atoms with Gasteiger partial charge in [-0.1, -0.05) is 44.5 Å². The van der Waals surface area contributed by atoms with E-state index in [1.807, 2.05) is 6.20 Å². The maximum atomic E-state index is 4.84. The van der Waals surface area contributed by atoms with E-state index in [0.29, 0.717) is 5.92 Å². The fourth-order valence-electron chi connectivity index (χ4n) is 3.67. The van der Waals surface area contributed by atoms with E-state index in [1.165, 1.54) is 39.8 Å². The third kappa shape index (κ3) is 3.38. The first-order valence-electron chi connectivity index (χ1n) is 9.03. The van der Waals surface area contributed by atoms with Crippen LogP contribution in [-0.2, 0) is 19.4 Å². The van der Waals surface area contributed by atoms with Crippen molar-refractivity contribution in [3.05, 3.63) is 59.5 Å². The molecule has 0 radical (unpaired) electrons. The van der Waals surface area contributed by atoms with Crippen molar-refractivity contribution >= 4 is 29.0 Å². The van der Waals surface area contributed by atoms with Crippen LogP contribution in [0, 0.1) is 5.92 Å². The van der Waals surface area contributed by atoms with Gasteiger partial charge in [-0.2, -0.15) is 0 Å². The van der Waals surface area contributed by atoms with Crippen molar-refractivity contribution in [3.63, 3.8) is 0 Å². The molecule has 1 aliphatic heterocycles. The molecule has 0 bridgehead atoms. The van der Waals surface area contributed by atoms with Crippen LogP contribution in [0.1, 0.15) is 37.1 Å². The van der Waals surface area contributed by atoms with Gasteiger partial charge in [-0.25, -0.2) is 0 Å². The lowest BCUT2D eigenvalue weighted by Gasteiger charge is -2.31. The highest BCUT2D eigenvalue weighted by Gasteiger charge is 2.20. The molecule has 0 fully saturated rings. The molecule has 3 nitrogen and oxygen atoms in total. The molecular formula is C21H26ClN3. The summed E-state index contributed by atoms with van der Waals surface area (Å²) in [6.07, 6.45) is 7.47. The molecule has 132 valence electrons. The van der Waals surface area contributed by atoms with E-state index in [2.05, 4.69) is 60.3 Å².